The van der Waals surface area contributed by atoms with Gasteiger partial charge in [-0.25, -0.2) is 0 Å². The Bertz CT molecular complexity index is 738. The van der Waals surface area contributed by atoms with Crippen LogP contribution in [0.3, 0.4) is 0 Å². The van der Waals surface area contributed by atoms with Gasteiger partial charge in [-0.2, -0.15) is 0 Å². The quantitative estimate of drug-likeness (QED) is 0.838. The Morgan fingerprint density at radius 2 is 2.19 bits per heavy atom. The molecule has 0 bridgehead atoms. The van der Waals surface area contributed by atoms with Gasteiger partial charge in [-0.05, 0) is 30.7 Å². The summed E-state index contributed by atoms with van der Waals surface area (Å²) in [5.41, 5.74) is 8.35. The maximum Gasteiger partial charge on any atom is 0.272 e. The molecule has 21 heavy (non-hydrogen) atoms. The molecular formula is C16H16ClN3O. The Morgan fingerprint density at radius 3 is 2.81 bits per heavy atom. The summed E-state index contributed by atoms with van der Waals surface area (Å²) in [6.45, 7) is 2.24. The fourth-order valence-corrected chi connectivity index (χ4v) is 2.20. The van der Waals surface area contributed by atoms with Gasteiger partial charge in [0.1, 0.15) is 5.69 Å². The highest BCUT2D eigenvalue weighted by Gasteiger charge is 2.13. The summed E-state index contributed by atoms with van der Waals surface area (Å²) in [6, 6.07) is 7.28. The number of rotatable bonds is 2. The Labute approximate surface area is 128 Å². The standard InChI is InChI=1S/C16H16ClN3O/c1-11-5-6-14(12(8-11)4-3-7-18)19-16(21)15-9-13(17)10-20(15)2/h5-6,8-10H,7,18H2,1-2H3,(H,19,21). The molecule has 0 saturated heterocycles. The van der Waals surface area contributed by atoms with Crippen LogP contribution in [0.5, 0.6) is 0 Å². The first-order valence-electron chi connectivity index (χ1n) is 6.44. The SMILES string of the molecule is Cc1ccc(NC(=O)c2cc(Cl)cn2C)c(C#CCN)c1. The summed E-state index contributed by atoms with van der Waals surface area (Å²) in [5.74, 6) is 5.54. The van der Waals surface area contributed by atoms with Gasteiger partial charge in [0.2, 0.25) is 0 Å². The lowest BCUT2D eigenvalue weighted by atomic mass is 10.1. The minimum absolute atomic E-state index is 0.232. The molecule has 1 amide bonds. The van der Waals surface area contributed by atoms with Gasteiger partial charge < -0.3 is 15.6 Å². The number of nitrogens with two attached hydrogens (primary N) is 1. The van der Waals surface area contributed by atoms with Crippen LogP contribution in [-0.4, -0.2) is 17.0 Å². The van der Waals surface area contributed by atoms with Crippen molar-refractivity contribution in [3.05, 3.63) is 52.3 Å². The zero-order chi connectivity index (χ0) is 15.4. The first-order chi connectivity index (χ1) is 10.0. The van der Waals surface area contributed by atoms with Crippen LogP contribution >= 0.6 is 11.6 Å². The maximum absolute atomic E-state index is 12.3. The van der Waals surface area contributed by atoms with Gasteiger partial charge >= 0.3 is 0 Å². The van der Waals surface area contributed by atoms with E-state index in [9.17, 15) is 4.79 Å². The van der Waals surface area contributed by atoms with Crippen molar-refractivity contribution in [3.63, 3.8) is 0 Å². The van der Waals surface area contributed by atoms with Crippen LogP contribution in [0.4, 0.5) is 5.69 Å². The number of amides is 1. The van der Waals surface area contributed by atoms with Crippen LogP contribution in [0.15, 0.2) is 30.5 Å². The molecule has 0 saturated carbocycles. The highest BCUT2D eigenvalue weighted by molar-refractivity contribution is 6.31. The van der Waals surface area contributed by atoms with E-state index in [2.05, 4.69) is 17.2 Å². The van der Waals surface area contributed by atoms with Crippen molar-refractivity contribution in [1.82, 2.24) is 4.57 Å². The Hall–Kier alpha value is -2.22. The van der Waals surface area contributed by atoms with Crippen molar-refractivity contribution in [3.8, 4) is 11.8 Å². The third kappa shape index (κ3) is 3.66. The lowest BCUT2D eigenvalue weighted by Gasteiger charge is -2.09. The first-order valence-corrected chi connectivity index (χ1v) is 6.82. The van der Waals surface area contributed by atoms with E-state index in [-0.39, 0.29) is 12.5 Å². The summed E-state index contributed by atoms with van der Waals surface area (Å²) in [6.07, 6.45) is 1.68. The monoisotopic (exact) mass is 301 g/mol. The van der Waals surface area contributed by atoms with Gasteiger partial charge in [0, 0.05) is 18.8 Å². The van der Waals surface area contributed by atoms with Crippen LogP contribution in [0.2, 0.25) is 5.02 Å². The number of nitrogens with zero attached hydrogens (tertiary/aromatic N) is 1. The predicted octanol–water partition coefficient (Wildman–Crippen LogP) is 2.55. The van der Waals surface area contributed by atoms with Crippen LogP contribution in [-0.2, 0) is 7.05 Å². The number of hydrogen-bond acceptors (Lipinski definition) is 2. The van der Waals surface area contributed by atoms with E-state index in [1.807, 2.05) is 25.1 Å². The lowest BCUT2D eigenvalue weighted by molar-refractivity contribution is 0.101. The Balaban J connectivity index is 2.31. The third-order valence-corrected chi connectivity index (χ3v) is 3.16. The molecular weight excluding hydrogens is 286 g/mol. The molecule has 1 heterocycles. The zero-order valence-electron chi connectivity index (χ0n) is 11.9. The molecule has 2 aromatic rings. The van der Waals surface area contributed by atoms with Crippen LogP contribution in [0, 0.1) is 18.8 Å². The molecule has 3 N–H and O–H groups in total. The summed E-state index contributed by atoms with van der Waals surface area (Å²) < 4.78 is 1.68. The van der Waals surface area contributed by atoms with Crippen molar-refractivity contribution >= 4 is 23.2 Å². The van der Waals surface area contributed by atoms with Gasteiger partial charge in [0.25, 0.3) is 5.91 Å². The topological polar surface area (TPSA) is 60.0 Å². The Kier molecular flexibility index (Phi) is 4.69. The van der Waals surface area contributed by atoms with Crippen LogP contribution in [0.25, 0.3) is 0 Å². The van der Waals surface area contributed by atoms with Crippen molar-refractivity contribution in [2.24, 2.45) is 12.8 Å². The summed E-state index contributed by atoms with van der Waals surface area (Å²) in [4.78, 5) is 12.3. The van der Waals surface area contributed by atoms with Gasteiger partial charge in [-0.15, -0.1) is 0 Å². The molecule has 4 nitrogen and oxygen atoms in total. The van der Waals surface area contributed by atoms with Gasteiger partial charge in [-0.1, -0.05) is 29.5 Å². The van der Waals surface area contributed by atoms with Crippen LogP contribution in [0.1, 0.15) is 21.6 Å². The molecule has 2 rings (SSSR count). The maximum atomic E-state index is 12.3. The number of anilines is 1. The van der Waals surface area contributed by atoms with Gasteiger partial charge in [0.05, 0.1) is 17.3 Å². The predicted molar refractivity (Wildman–Crippen MR) is 85.5 cm³/mol. The molecule has 5 heteroatoms. The molecule has 1 aromatic carbocycles. The molecule has 0 aliphatic heterocycles. The number of carbonyl (C=O) groups excluding carboxylic acids is 1. The summed E-state index contributed by atoms with van der Waals surface area (Å²) in [7, 11) is 1.77. The first kappa shape index (κ1) is 15.2. The normalized spacial score (nSPS) is 9.90. The second-order valence-corrected chi connectivity index (χ2v) is 5.10. The van der Waals surface area contributed by atoms with Crippen molar-refractivity contribution in [2.75, 3.05) is 11.9 Å². The number of halogens is 1. The smallest absolute Gasteiger partial charge is 0.272 e. The minimum Gasteiger partial charge on any atom is -0.345 e. The summed E-state index contributed by atoms with van der Waals surface area (Å²) in [5, 5.41) is 3.38. The molecule has 0 radical (unpaired) electrons. The number of nitrogens with one attached hydrogen (secondary N) is 1. The van der Waals surface area contributed by atoms with Gasteiger partial charge in [-0.3, -0.25) is 4.79 Å². The molecule has 0 unspecified atom stereocenters. The minimum atomic E-state index is -0.232. The van der Waals surface area contributed by atoms with Crippen LogP contribution < -0.4 is 11.1 Å². The zero-order valence-corrected chi connectivity index (χ0v) is 12.7. The average Bonchev–Trinajstić information content (AvgIpc) is 2.78. The van der Waals surface area contributed by atoms with E-state index in [0.717, 1.165) is 11.1 Å². The van der Waals surface area contributed by atoms with Gasteiger partial charge in [0.15, 0.2) is 0 Å². The van der Waals surface area contributed by atoms with E-state index in [1.54, 1.807) is 23.9 Å². The average molecular weight is 302 g/mol. The van der Waals surface area contributed by atoms with E-state index < -0.39 is 0 Å². The number of aromatic nitrogens is 1. The summed E-state index contributed by atoms with van der Waals surface area (Å²) >= 11 is 5.90. The molecule has 108 valence electrons. The molecule has 0 fully saturated rings. The number of benzene rings is 1. The van der Waals surface area contributed by atoms with Crippen molar-refractivity contribution in [1.29, 1.82) is 0 Å². The molecule has 0 aliphatic carbocycles. The Morgan fingerprint density at radius 1 is 1.43 bits per heavy atom. The fourth-order valence-electron chi connectivity index (χ4n) is 1.95. The largest absolute Gasteiger partial charge is 0.345 e. The van der Waals surface area contributed by atoms with E-state index in [0.29, 0.717) is 16.4 Å². The molecule has 1 aromatic heterocycles. The molecule has 0 aliphatic rings. The highest BCUT2D eigenvalue weighted by Crippen LogP contribution is 2.19. The second kappa shape index (κ2) is 6.49. The lowest BCUT2D eigenvalue weighted by Crippen LogP contribution is -2.16. The molecule has 0 atom stereocenters. The number of aryl methyl sites for hydroxylation is 2. The van der Waals surface area contributed by atoms with Crippen molar-refractivity contribution in [2.45, 2.75) is 6.92 Å². The third-order valence-electron chi connectivity index (χ3n) is 2.95. The van der Waals surface area contributed by atoms with E-state index in [1.165, 1.54) is 0 Å². The van der Waals surface area contributed by atoms with E-state index in [4.69, 9.17) is 17.3 Å². The fraction of sp³-hybridized carbons (Fsp3) is 0.188. The number of carbonyl (C=O) groups is 1. The molecule has 0 spiro atoms. The van der Waals surface area contributed by atoms with Crippen molar-refractivity contribution < 1.29 is 4.79 Å². The number of hydrogen-bond donors (Lipinski definition) is 2. The van der Waals surface area contributed by atoms with E-state index >= 15 is 0 Å². The highest BCUT2D eigenvalue weighted by atomic mass is 35.5. The second-order valence-electron chi connectivity index (χ2n) is 4.66.